The van der Waals surface area contributed by atoms with Gasteiger partial charge in [-0.05, 0) is 24.0 Å². The normalized spacial score (nSPS) is 14.5. The number of rotatable bonds is 5. The molecule has 1 saturated heterocycles. The van der Waals surface area contributed by atoms with E-state index in [0.29, 0.717) is 19.0 Å². The Kier molecular flexibility index (Phi) is 4.63. The monoisotopic (exact) mass is 314 g/mol. The molecule has 0 radical (unpaired) electrons. The molecule has 1 aliphatic heterocycles. The van der Waals surface area contributed by atoms with Crippen molar-refractivity contribution in [2.24, 2.45) is 0 Å². The fourth-order valence-electron chi connectivity index (χ4n) is 2.36. The van der Waals surface area contributed by atoms with Crippen molar-refractivity contribution in [2.75, 3.05) is 18.8 Å². The van der Waals surface area contributed by atoms with Crippen molar-refractivity contribution < 1.29 is 9.53 Å². The lowest BCUT2D eigenvalue weighted by atomic mass is 10.1. The molecule has 0 saturated carbocycles. The number of carbonyl (C=O) groups excluding carboxylic acids is 1. The molecule has 0 N–H and O–H groups in total. The number of hydrogen-bond donors (Lipinski definition) is 0. The van der Waals surface area contributed by atoms with Crippen molar-refractivity contribution >= 4 is 17.7 Å². The Hall–Kier alpha value is -2.01. The predicted octanol–water partition coefficient (Wildman–Crippen LogP) is 3.10. The molecule has 1 aromatic carbocycles. The quantitative estimate of drug-likeness (QED) is 0.795. The standard InChI is InChI=1S/C17H18N2O2S/c1-2-22-15-8-4-3-7-14(15)17(20)19-11-13(12-19)21-16-9-5-6-10-18-16/h3-10,13H,2,11-12H2,1H3. The Labute approximate surface area is 134 Å². The molecule has 2 aromatic rings. The van der Waals surface area contributed by atoms with Gasteiger partial charge in [-0.1, -0.05) is 25.1 Å². The number of carbonyl (C=O) groups is 1. The molecule has 22 heavy (non-hydrogen) atoms. The molecule has 114 valence electrons. The second-order valence-corrected chi connectivity index (χ2v) is 6.35. The fraction of sp³-hybridized carbons (Fsp3) is 0.294. The van der Waals surface area contributed by atoms with Crippen molar-refractivity contribution in [1.29, 1.82) is 0 Å². The van der Waals surface area contributed by atoms with Gasteiger partial charge in [-0.2, -0.15) is 0 Å². The van der Waals surface area contributed by atoms with Crippen LogP contribution in [0.1, 0.15) is 17.3 Å². The second-order valence-electron chi connectivity index (χ2n) is 5.05. The van der Waals surface area contributed by atoms with Crippen LogP contribution >= 0.6 is 11.8 Å². The van der Waals surface area contributed by atoms with Gasteiger partial charge >= 0.3 is 0 Å². The lowest BCUT2D eigenvalue weighted by Crippen LogP contribution is -2.56. The molecule has 1 aliphatic rings. The zero-order valence-corrected chi connectivity index (χ0v) is 13.3. The van der Waals surface area contributed by atoms with Crippen molar-refractivity contribution in [3.8, 4) is 5.88 Å². The zero-order valence-electron chi connectivity index (χ0n) is 12.4. The molecular weight excluding hydrogens is 296 g/mol. The highest BCUT2D eigenvalue weighted by atomic mass is 32.2. The van der Waals surface area contributed by atoms with Gasteiger partial charge in [0.2, 0.25) is 5.88 Å². The van der Waals surface area contributed by atoms with Crippen LogP contribution in [0.5, 0.6) is 5.88 Å². The van der Waals surface area contributed by atoms with E-state index in [1.165, 1.54) is 0 Å². The third kappa shape index (κ3) is 3.25. The van der Waals surface area contributed by atoms with Gasteiger partial charge in [0.25, 0.3) is 5.91 Å². The molecule has 0 unspecified atom stereocenters. The third-order valence-corrected chi connectivity index (χ3v) is 4.43. The first-order valence-electron chi connectivity index (χ1n) is 7.36. The summed E-state index contributed by atoms with van der Waals surface area (Å²) in [4.78, 5) is 19.6. The van der Waals surface area contributed by atoms with Gasteiger partial charge in [0, 0.05) is 17.2 Å². The molecule has 0 atom stereocenters. The highest BCUT2D eigenvalue weighted by Gasteiger charge is 2.33. The molecule has 5 heteroatoms. The van der Waals surface area contributed by atoms with Crippen molar-refractivity contribution in [3.05, 3.63) is 54.2 Å². The molecule has 1 aromatic heterocycles. The number of ether oxygens (including phenoxy) is 1. The minimum absolute atomic E-state index is 0.0323. The summed E-state index contributed by atoms with van der Waals surface area (Å²) in [5.74, 6) is 1.65. The summed E-state index contributed by atoms with van der Waals surface area (Å²) in [5, 5.41) is 0. The lowest BCUT2D eigenvalue weighted by molar-refractivity contribution is 0.0157. The Morgan fingerprint density at radius 1 is 1.27 bits per heavy atom. The first kappa shape index (κ1) is 14.9. The van der Waals surface area contributed by atoms with Crippen LogP contribution in [0.3, 0.4) is 0 Å². The first-order valence-corrected chi connectivity index (χ1v) is 8.35. The van der Waals surface area contributed by atoms with E-state index in [1.54, 1.807) is 18.0 Å². The van der Waals surface area contributed by atoms with Gasteiger partial charge in [-0.25, -0.2) is 4.98 Å². The molecule has 2 heterocycles. The summed E-state index contributed by atoms with van der Waals surface area (Å²) in [6.07, 6.45) is 1.74. The summed E-state index contributed by atoms with van der Waals surface area (Å²) >= 11 is 1.70. The van der Waals surface area contributed by atoms with Crippen LogP contribution in [0.4, 0.5) is 0 Å². The smallest absolute Gasteiger partial charge is 0.255 e. The highest BCUT2D eigenvalue weighted by molar-refractivity contribution is 7.99. The molecule has 3 rings (SSSR count). The van der Waals surface area contributed by atoms with Gasteiger partial charge < -0.3 is 9.64 Å². The average Bonchev–Trinajstić information content (AvgIpc) is 2.52. The molecule has 1 amide bonds. The second kappa shape index (κ2) is 6.83. The maximum absolute atomic E-state index is 12.6. The SMILES string of the molecule is CCSc1ccccc1C(=O)N1CC(Oc2ccccn2)C1. The van der Waals surface area contributed by atoms with Gasteiger partial charge in [0.15, 0.2) is 0 Å². The number of likely N-dealkylation sites (tertiary alicyclic amines) is 1. The van der Waals surface area contributed by atoms with E-state index in [9.17, 15) is 4.79 Å². The van der Waals surface area contributed by atoms with Crippen molar-refractivity contribution in [1.82, 2.24) is 9.88 Å². The largest absolute Gasteiger partial charge is 0.471 e. The number of hydrogen-bond acceptors (Lipinski definition) is 4. The van der Waals surface area contributed by atoms with Crippen LogP contribution in [-0.2, 0) is 0 Å². The molecular formula is C17H18N2O2S. The van der Waals surface area contributed by atoms with E-state index in [-0.39, 0.29) is 12.0 Å². The minimum atomic E-state index is 0.0323. The Bertz CT molecular complexity index is 642. The molecule has 0 aliphatic carbocycles. The lowest BCUT2D eigenvalue weighted by Gasteiger charge is -2.38. The number of benzene rings is 1. The van der Waals surface area contributed by atoms with Crippen molar-refractivity contribution in [2.45, 2.75) is 17.9 Å². The summed E-state index contributed by atoms with van der Waals surface area (Å²) in [6.45, 7) is 3.31. The van der Waals surface area contributed by atoms with Crippen LogP contribution in [0.15, 0.2) is 53.6 Å². The van der Waals surface area contributed by atoms with Gasteiger partial charge in [-0.15, -0.1) is 11.8 Å². The van der Waals surface area contributed by atoms with E-state index < -0.39 is 0 Å². The Morgan fingerprint density at radius 3 is 2.77 bits per heavy atom. The zero-order chi connectivity index (χ0) is 15.4. The van der Waals surface area contributed by atoms with E-state index in [4.69, 9.17) is 4.74 Å². The summed E-state index contributed by atoms with van der Waals surface area (Å²) in [5.41, 5.74) is 0.783. The molecule has 0 bridgehead atoms. The van der Waals surface area contributed by atoms with E-state index >= 15 is 0 Å². The maximum atomic E-state index is 12.6. The predicted molar refractivity (Wildman–Crippen MR) is 87.4 cm³/mol. The summed E-state index contributed by atoms with van der Waals surface area (Å²) in [6, 6.07) is 13.4. The minimum Gasteiger partial charge on any atom is -0.471 e. The van der Waals surface area contributed by atoms with Gasteiger partial charge in [-0.3, -0.25) is 4.79 Å². The number of pyridine rings is 1. The maximum Gasteiger partial charge on any atom is 0.255 e. The van der Waals surface area contributed by atoms with Crippen LogP contribution < -0.4 is 4.74 Å². The average molecular weight is 314 g/mol. The number of aromatic nitrogens is 1. The van der Waals surface area contributed by atoms with Crippen LogP contribution in [0.2, 0.25) is 0 Å². The third-order valence-electron chi connectivity index (χ3n) is 3.48. The Morgan fingerprint density at radius 2 is 2.05 bits per heavy atom. The Balaban J connectivity index is 1.60. The van der Waals surface area contributed by atoms with Gasteiger partial charge in [0.1, 0.15) is 6.10 Å². The van der Waals surface area contributed by atoms with Crippen molar-refractivity contribution in [3.63, 3.8) is 0 Å². The van der Waals surface area contributed by atoms with Crippen LogP contribution in [-0.4, -0.2) is 40.7 Å². The van der Waals surface area contributed by atoms with E-state index in [0.717, 1.165) is 16.2 Å². The summed E-state index contributed by atoms with van der Waals surface area (Å²) < 4.78 is 5.73. The van der Waals surface area contributed by atoms with E-state index in [2.05, 4.69) is 11.9 Å². The fourth-order valence-corrected chi connectivity index (χ4v) is 3.16. The number of amides is 1. The van der Waals surface area contributed by atoms with Gasteiger partial charge in [0.05, 0.1) is 18.7 Å². The van der Waals surface area contributed by atoms with Crippen LogP contribution in [0, 0.1) is 0 Å². The molecule has 0 spiro atoms. The first-order chi connectivity index (χ1) is 10.8. The molecule has 4 nitrogen and oxygen atoms in total. The van der Waals surface area contributed by atoms with E-state index in [1.807, 2.05) is 47.4 Å². The molecule has 1 fully saturated rings. The number of thioether (sulfide) groups is 1. The number of nitrogens with zero attached hydrogens (tertiary/aromatic N) is 2. The van der Waals surface area contributed by atoms with Crippen LogP contribution in [0.25, 0.3) is 0 Å². The topological polar surface area (TPSA) is 42.4 Å². The highest BCUT2D eigenvalue weighted by Crippen LogP contribution is 2.25. The summed E-state index contributed by atoms with van der Waals surface area (Å²) in [7, 11) is 0.